The third-order valence-corrected chi connectivity index (χ3v) is 5.59. The molecule has 4 atom stereocenters. The molecule has 2 bridgehead atoms. The number of carboxylic acid groups (broad SMARTS) is 1. The SMILES string of the molecule is CC(C)(Cc1ccccc1C[C@@H]1[C@H](CO)[C@H]2CC[C@@H]1O2)C(=O)O. The standard InChI is InChI=1S/C19H26O4/c1-19(2,18(21)22)10-13-6-4-3-5-12(13)9-14-15(11-20)17-8-7-16(14)23-17/h3-6,14-17,20H,7-11H2,1-2H3,(H,21,22)/t14-,15+,16+,17-/m1/s1. The van der Waals surface area contributed by atoms with Crippen LogP contribution in [0, 0.1) is 17.3 Å². The Morgan fingerprint density at radius 1 is 1.17 bits per heavy atom. The lowest BCUT2D eigenvalue weighted by molar-refractivity contribution is -0.146. The number of rotatable bonds is 6. The monoisotopic (exact) mass is 318 g/mol. The van der Waals surface area contributed by atoms with E-state index in [0.717, 1.165) is 24.8 Å². The lowest BCUT2D eigenvalue weighted by Gasteiger charge is -2.28. The van der Waals surface area contributed by atoms with Crippen molar-refractivity contribution in [1.82, 2.24) is 0 Å². The van der Waals surface area contributed by atoms with Crippen LogP contribution in [0.3, 0.4) is 0 Å². The van der Waals surface area contributed by atoms with Gasteiger partial charge in [-0.1, -0.05) is 24.3 Å². The minimum absolute atomic E-state index is 0.175. The normalized spacial score (nSPS) is 29.9. The van der Waals surface area contributed by atoms with Crippen molar-refractivity contribution in [3.05, 3.63) is 35.4 Å². The van der Waals surface area contributed by atoms with Gasteiger partial charge in [-0.2, -0.15) is 0 Å². The Hall–Kier alpha value is -1.39. The van der Waals surface area contributed by atoms with Crippen LogP contribution in [-0.2, 0) is 22.4 Å². The first-order valence-electron chi connectivity index (χ1n) is 8.49. The zero-order chi connectivity index (χ0) is 16.6. The van der Waals surface area contributed by atoms with E-state index >= 15 is 0 Å². The Balaban J connectivity index is 1.80. The van der Waals surface area contributed by atoms with Gasteiger partial charge < -0.3 is 14.9 Å². The maximum absolute atomic E-state index is 11.4. The van der Waals surface area contributed by atoms with Gasteiger partial charge in [-0.25, -0.2) is 0 Å². The zero-order valence-electron chi connectivity index (χ0n) is 13.9. The quantitative estimate of drug-likeness (QED) is 0.846. The van der Waals surface area contributed by atoms with Gasteiger partial charge in [0.05, 0.1) is 17.6 Å². The first kappa shape index (κ1) is 16.5. The number of fused-ring (bicyclic) bond motifs is 2. The highest BCUT2D eigenvalue weighted by Gasteiger charge is 2.48. The van der Waals surface area contributed by atoms with Crippen molar-refractivity contribution in [3.8, 4) is 0 Å². The van der Waals surface area contributed by atoms with Crippen molar-refractivity contribution in [1.29, 1.82) is 0 Å². The summed E-state index contributed by atoms with van der Waals surface area (Å²) in [6, 6.07) is 8.10. The minimum Gasteiger partial charge on any atom is -0.481 e. The van der Waals surface area contributed by atoms with E-state index < -0.39 is 11.4 Å². The van der Waals surface area contributed by atoms with Crippen LogP contribution in [0.4, 0.5) is 0 Å². The molecule has 0 radical (unpaired) electrons. The van der Waals surface area contributed by atoms with Crippen LogP contribution in [0.1, 0.15) is 37.8 Å². The molecular formula is C19H26O4. The Morgan fingerprint density at radius 2 is 1.78 bits per heavy atom. The fourth-order valence-electron chi connectivity index (χ4n) is 4.14. The summed E-state index contributed by atoms with van der Waals surface area (Å²) < 4.78 is 5.99. The Morgan fingerprint density at radius 3 is 2.39 bits per heavy atom. The van der Waals surface area contributed by atoms with Crippen molar-refractivity contribution < 1.29 is 19.7 Å². The number of aliphatic carboxylic acids is 1. The molecule has 1 aromatic carbocycles. The van der Waals surface area contributed by atoms with E-state index in [2.05, 4.69) is 6.07 Å². The van der Waals surface area contributed by atoms with Crippen LogP contribution in [0.5, 0.6) is 0 Å². The van der Waals surface area contributed by atoms with Crippen LogP contribution >= 0.6 is 0 Å². The topological polar surface area (TPSA) is 66.8 Å². The molecule has 4 nitrogen and oxygen atoms in total. The average molecular weight is 318 g/mol. The predicted molar refractivity (Wildman–Crippen MR) is 87.2 cm³/mol. The second-order valence-corrected chi connectivity index (χ2v) is 7.64. The van der Waals surface area contributed by atoms with E-state index in [1.54, 1.807) is 13.8 Å². The maximum atomic E-state index is 11.4. The highest BCUT2D eigenvalue weighted by atomic mass is 16.5. The second-order valence-electron chi connectivity index (χ2n) is 7.64. The zero-order valence-corrected chi connectivity index (χ0v) is 13.9. The van der Waals surface area contributed by atoms with Crippen LogP contribution in [0.15, 0.2) is 24.3 Å². The van der Waals surface area contributed by atoms with Gasteiger partial charge in [0.2, 0.25) is 0 Å². The molecule has 2 fully saturated rings. The van der Waals surface area contributed by atoms with Gasteiger partial charge >= 0.3 is 5.97 Å². The third kappa shape index (κ3) is 3.15. The van der Waals surface area contributed by atoms with Gasteiger partial charge in [0, 0.05) is 12.5 Å². The van der Waals surface area contributed by atoms with Gasteiger partial charge in [0.1, 0.15) is 0 Å². The van der Waals surface area contributed by atoms with Crippen LogP contribution in [0.2, 0.25) is 0 Å². The number of aliphatic hydroxyl groups is 1. The molecule has 1 aromatic rings. The van der Waals surface area contributed by atoms with Crippen LogP contribution < -0.4 is 0 Å². The molecule has 0 aliphatic carbocycles. The number of benzene rings is 1. The van der Waals surface area contributed by atoms with E-state index in [1.807, 2.05) is 18.2 Å². The first-order chi connectivity index (χ1) is 10.9. The maximum Gasteiger partial charge on any atom is 0.309 e. The predicted octanol–water partition coefficient (Wildman–Crippen LogP) is 2.67. The number of carbonyl (C=O) groups is 1. The molecule has 4 heteroatoms. The largest absolute Gasteiger partial charge is 0.481 e. The van der Waals surface area contributed by atoms with E-state index in [1.165, 1.54) is 5.56 Å². The van der Waals surface area contributed by atoms with Crippen LogP contribution in [-0.4, -0.2) is 35.0 Å². The molecule has 3 rings (SSSR count). The number of hydrogen-bond donors (Lipinski definition) is 2. The Bertz CT molecular complexity index is 580. The first-order valence-corrected chi connectivity index (χ1v) is 8.49. The fourth-order valence-corrected chi connectivity index (χ4v) is 4.14. The summed E-state index contributed by atoms with van der Waals surface area (Å²) in [6.45, 7) is 3.71. The van der Waals surface area contributed by atoms with Crippen molar-refractivity contribution in [3.63, 3.8) is 0 Å². The molecule has 23 heavy (non-hydrogen) atoms. The molecule has 2 N–H and O–H groups in total. The summed E-state index contributed by atoms with van der Waals surface area (Å²) >= 11 is 0. The van der Waals surface area contributed by atoms with E-state index in [4.69, 9.17) is 4.74 Å². The van der Waals surface area contributed by atoms with Gasteiger partial charge in [0.15, 0.2) is 0 Å². The van der Waals surface area contributed by atoms with E-state index in [0.29, 0.717) is 12.3 Å². The Kier molecular flexibility index (Phi) is 4.47. The summed E-state index contributed by atoms with van der Waals surface area (Å²) in [7, 11) is 0. The highest BCUT2D eigenvalue weighted by Crippen LogP contribution is 2.45. The molecule has 0 spiro atoms. The molecule has 2 aliphatic rings. The van der Waals surface area contributed by atoms with Crippen molar-refractivity contribution >= 4 is 5.97 Å². The molecule has 0 unspecified atom stereocenters. The smallest absolute Gasteiger partial charge is 0.309 e. The van der Waals surface area contributed by atoms with Gasteiger partial charge in [-0.3, -0.25) is 4.79 Å². The van der Waals surface area contributed by atoms with Crippen LogP contribution in [0.25, 0.3) is 0 Å². The minimum atomic E-state index is -0.780. The van der Waals surface area contributed by atoms with Gasteiger partial charge in [-0.15, -0.1) is 0 Å². The summed E-state index contributed by atoms with van der Waals surface area (Å²) in [6.07, 6.45) is 3.96. The van der Waals surface area contributed by atoms with Crippen molar-refractivity contribution in [2.24, 2.45) is 17.3 Å². The number of aliphatic hydroxyl groups excluding tert-OH is 1. The van der Waals surface area contributed by atoms with Gasteiger partial charge in [0.25, 0.3) is 0 Å². The number of carboxylic acids is 1. The molecular weight excluding hydrogens is 292 g/mol. The van der Waals surface area contributed by atoms with E-state index in [-0.39, 0.29) is 24.7 Å². The lowest BCUT2D eigenvalue weighted by Crippen LogP contribution is -2.32. The highest BCUT2D eigenvalue weighted by molar-refractivity contribution is 5.74. The molecule has 2 aliphatic heterocycles. The fraction of sp³-hybridized carbons (Fsp3) is 0.632. The summed E-state index contributed by atoms with van der Waals surface area (Å²) in [4.78, 5) is 11.4. The molecule has 2 heterocycles. The summed E-state index contributed by atoms with van der Waals surface area (Å²) in [5.74, 6) is -0.217. The second kappa shape index (κ2) is 6.25. The molecule has 0 aromatic heterocycles. The van der Waals surface area contributed by atoms with E-state index in [9.17, 15) is 15.0 Å². The number of hydrogen-bond acceptors (Lipinski definition) is 3. The third-order valence-electron chi connectivity index (χ3n) is 5.59. The van der Waals surface area contributed by atoms with Gasteiger partial charge in [-0.05, 0) is 56.6 Å². The van der Waals surface area contributed by atoms with Crippen molar-refractivity contribution in [2.75, 3.05) is 6.61 Å². The van der Waals surface area contributed by atoms with Crippen molar-refractivity contribution in [2.45, 2.75) is 51.7 Å². The Labute approximate surface area is 137 Å². The molecule has 126 valence electrons. The summed E-state index contributed by atoms with van der Waals surface area (Å²) in [5.41, 5.74) is 1.51. The molecule has 0 saturated carbocycles. The molecule has 2 saturated heterocycles. The number of ether oxygens (including phenoxy) is 1. The summed E-state index contributed by atoms with van der Waals surface area (Å²) in [5, 5.41) is 19.1. The average Bonchev–Trinajstić information content (AvgIpc) is 3.09. The lowest BCUT2D eigenvalue weighted by atomic mass is 9.75. The molecule has 0 amide bonds.